The number of pyridine rings is 3. The summed E-state index contributed by atoms with van der Waals surface area (Å²) in [6, 6.07) is 23.5. The summed E-state index contributed by atoms with van der Waals surface area (Å²) in [5, 5.41) is 13.7. The lowest BCUT2D eigenvalue weighted by molar-refractivity contribution is -0.115. The van der Waals surface area contributed by atoms with Crippen LogP contribution in [-0.2, 0) is 11.2 Å². The number of rotatable bonds is 6. The monoisotopic (exact) mass is 527 g/mol. The first-order chi connectivity index (χ1) is 19.2. The van der Waals surface area contributed by atoms with Crippen LogP contribution in [0.3, 0.4) is 0 Å². The number of carbonyl (C=O) groups excluding carboxylic acids is 1. The molecule has 0 saturated heterocycles. The molecule has 188 valence electrons. The van der Waals surface area contributed by atoms with Crippen LogP contribution < -0.4 is 5.32 Å². The molecule has 1 aromatic carbocycles. The maximum Gasteiger partial charge on any atom is 0.228 e. The van der Waals surface area contributed by atoms with E-state index in [0.717, 1.165) is 60.7 Å². The van der Waals surface area contributed by atoms with Crippen molar-refractivity contribution in [2.45, 2.75) is 6.42 Å². The average molecular weight is 528 g/mol. The molecule has 6 aromatic heterocycles. The summed E-state index contributed by atoms with van der Waals surface area (Å²) in [5.41, 5.74) is 8.16. The van der Waals surface area contributed by atoms with Gasteiger partial charge in [0.1, 0.15) is 11.2 Å². The van der Waals surface area contributed by atoms with E-state index in [2.05, 4.69) is 48.0 Å². The number of nitrogens with zero attached hydrogens (tertiary/aromatic N) is 4. The Morgan fingerprint density at radius 2 is 1.85 bits per heavy atom. The molecule has 0 bridgehead atoms. The number of anilines is 1. The molecule has 7 aromatic rings. The fourth-order valence-corrected chi connectivity index (χ4v) is 5.41. The fraction of sp³-hybridized carbons (Fsp3) is 0.0333. The van der Waals surface area contributed by atoms with Crippen LogP contribution in [0.15, 0.2) is 96.8 Å². The highest BCUT2D eigenvalue weighted by Gasteiger charge is 2.16. The second-order valence-corrected chi connectivity index (χ2v) is 10.1. The molecule has 0 fully saturated rings. The summed E-state index contributed by atoms with van der Waals surface area (Å²) in [5.74, 6) is -0.101. The summed E-state index contributed by atoms with van der Waals surface area (Å²) in [4.78, 5) is 31.1. The van der Waals surface area contributed by atoms with Crippen molar-refractivity contribution in [3.8, 4) is 33.2 Å². The van der Waals surface area contributed by atoms with E-state index in [0.29, 0.717) is 12.1 Å². The van der Waals surface area contributed by atoms with E-state index in [-0.39, 0.29) is 5.91 Å². The van der Waals surface area contributed by atoms with Gasteiger partial charge in [-0.3, -0.25) is 19.9 Å². The van der Waals surface area contributed by atoms with Crippen molar-refractivity contribution in [1.82, 2.24) is 30.1 Å². The number of benzene rings is 1. The molecule has 0 unspecified atom stereocenters. The van der Waals surface area contributed by atoms with Gasteiger partial charge < -0.3 is 10.3 Å². The lowest BCUT2D eigenvalue weighted by Crippen LogP contribution is -2.14. The number of hydrogen-bond donors (Lipinski definition) is 3. The Kier molecular flexibility index (Phi) is 5.68. The van der Waals surface area contributed by atoms with Gasteiger partial charge in [0.05, 0.1) is 45.8 Å². The number of H-pyrrole nitrogens is 2. The zero-order chi connectivity index (χ0) is 26.2. The minimum absolute atomic E-state index is 0.101. The second-order valence-electron chi connectivity index (χ2n) is 9.12. The molecule has 0 spiro atoms. The maximum atomic E-state index is 12.6. The third-order valence-electron chi connectivity index (χ3n) is 6.49. The van der Waals surface area contributed by atoms with Gasteiger partial charge >= 0.3 is 0 Å². The van der Waals surface area contributed by atoms with Crippen molar-refractivity contribution < 1.29 is 4.79 Å². The fourth-order valence-electron chi connectivity index (χ4n) is 4.67. The number of thiophene rings is 1. The second kappa shape index (κ2) is 9.62. The van der Waals surface area contributed by atoms with Crippen LogP contribution >= 0.6 is 11.3 Å². The predicted molar refractivity (Wildman–Crippen MR) is 154 cm³/mol. The molecule has 0 aliphatic heterocycles. The van der Waals surface area contributed by atoms with Gasteiger partial charge in [-0.15, -0.1) is 11.3 Å². The number of fused-ring (bicyclic) bond motifs is 2. The van der Waals surface area contributed by atoms with E-state index in [1.807, 2.05) is 66.9 Å². The van der Waals surface area contributed by atoms with Gasteiger partial charge in [-0.2, -0.15) is 5.10 Å². The lowest BCUT2D eigenvalue weighted by Gasteiger charge is -2.07. The molecule has 0 atom stereocenters. The lowest BCUT2D eigenvalue weighted by atomic mass is 10.1. The van der Waals surface area contributed by atoms with Gasteiger partial charge in [0, 0.05) is 28.9 Å². The Bertz CT molecular complexity index is 1940. The van der Waals surface area contributed by atoms with E-state index < -0.39 is 0 Å². The minimum atomic E-state index is -0.101. The number of carbonyl (C=O) groups is 1. The van der Waals surface area contributed by atoms with E-state index in [1.165, 1.54) is 0 Å². The quantitative estimate of drug-likeness (QED) is 0.229. The van der Waals surface area contributed by atoms with Gasteiger partial charge in [0.2, 0.25) is 5.91 Å². The number of amides is 1. The minimum Gasteiger partial charge on any atom is -0.353 e. The zero-order valence-corrected chi connectivity index (χ0v) is 21.4. The van der Waals surface area contributed by atoms with Gasteiger partial charge in [-0.1, -0.05) is 36.4 Å². The number of hydrogen-bond acceptors (Lipinski definition) is 6. The summed E-state index contributed by atoms with van der Waals surface area (Å²) in [6.07, 6.45) is 5.48. The highest BCUT2D eigenvalue weighted by atomic mass is 32.1. The molecule has 0 radical (unpaired) electrons. The summed E-state index contributed by atoms with van der Waals surface area (Å²) < 4.78 is 0. The van der Waals surface area contributed by atoms with E-state index >= 15 is 0 Å². The van der Waals surface area contributed by atoms with Gasteiger partial charge in [0.25, 0.3) is 0 Å². The molecule has 3 N–H and O–H groups in total. The molecule has 9 heteroatoms. The van der Waals surface area contributed by atoms with Crippen LogP contribution in [0.1, 0.15) is 5.56 Å². The summed E-state index contributed by atoms with van der Waals surface area (Å²) in [6.45, 7) is 0. The standard InChI is InChI=1S/C30H21N7OS/c38-27(13-18-5-2-1-3-6-18)33-20-14-19(16-31-17-20)22-8-9-24-29(35-22)30(37-36-24)25-15-21-23(34-25)10-11-32-28(21)26-7-4-12-39-26/h1-12,14-17,34H,13H2,(H,33,38)(H,36,37). The maximum absolute atomic E-state index is 12.6. The van der Waals surface area contributed by atoms with E-state index in [4.69, 9.17) is 4.98 Å². The molecule has 0 aliphatic rings. The first-order valence-corrected chi connectivity index (χ1v) is 13.3. The van der Waals surface area contributed by atoms with E-state index in [9.17, 15) is 4.79 Å². The zero-order valence-electron chi connectivity index (χ0n) is 20.6. The molecule has 0 aliphatic carbocycles. The molecule has 6 heterocycles. The normalized spacial score (nSPS) is 11.3. The SMILES string of the molecule is O=C(Cc1ccccc1)Nc1cncc(-c2ccc3[nH]nc(-c4cc5c(-c6cccs6)nccc5[nH]4)c3n2)c1. The van der Waals surface area contributed by atoms with Crippen molar-refractivity contribution in [2.24, 2.45) is 0 Å². The predicted octanol–water partition coefficient (Wildman–Crippen LogP) is 6.47. The highest BCUT2D eigenvalue weighted by molar-refractivity contribution is 7.13. The van der Waals surface area contributed by atoms with Crippen LogP contribution in [0, 0.1) is 0 Å². The molecular weight excluding hydrogens is 506 g/mol. The molecule has 8 nitrogen and oxygen atoms in total. The molecular formula is C30H21N7OS. The van der Waals surface area contributed by atoms with Crippen LogP contribution in [0.2, 0.25) is 0 Å². The van der Waals surface area contributed by atoms with Crippen LogP contribution in [0.4, 0.5) is 5.69 Å². The third-order valence-corrected chi connectivity index (χ3v) is 7.37. The molecule has 1 amide bonds. The number of nitrogens with one attached hydrogen (secondary N) is 3. The average Bonchev–Trinajstić information content (AvgIpc) is 3.73. The Balaban J connectivity index is 1.21. The van der Waals surface area contributed by atoms with Gasteiger partial charge in [0.15, 0.2) is 0 Å². The summed E-state index contributed by atoms with van der Waals surface area (Å²) in [7, 11) is 0. The Morgan fingerprint density at radius 1 is 0.923 bits per heavy atom. The summed E-state index contributed by atoms with van der Waals surface area (Å²) >= 11 is 1.66. The van der Waals surface area contributed by atoms with Crippen molar-refractivity contribution in [3.63, 3.8) is 0 Å². The van der Waals surface area contributed by atoms with Crippen LogP contribution in [-0.4, -0.2) is 36.0 Å². The van der Waals surface area contributed by atoms with Crippen LogP contribution in [0.25, 0.3) is 55.2 Å². The first kappa shape index (κ1) is 23.0. The topological polar surface area (TPSA) is 112 Å². The van der Waals surface area contributed by atoms with Crippen molar-refractivity contribution in [3.05, 3.63) is 102 Å². The highest BCUT2D eigenvalue weighted by Crippen LogP contribution is 2.34. The van der Waals surface area contributed by atoms with Crippen LogP contribution in [0.5, 0.6) is 0 Å². The largest absolute Gasteiger partial charge is 0.353 e. The third kappa shape index (κ3) is 4.45. The Labute approximate surface area is 226 Å². The Morgan fingerprint density at radius 3 is 2.72 bits per heavy atom. The Hall–Kier alpha value is -5.15. The van der Waals surface area contributed by atoms with Crippen molar-refractivity contribution >= 4 is 44.9 Å². The molecule has 0 saturated carbocycles. The molecule has 39 heavy (non-hydrogen) atoms. The smallest absolute Gasteiger partial charge is 0.228 e. The number of aromatic nitrogens is 6. The van der Waals surface area contributed by atoms with Gasteiger partial charge in [-0.05, 0) is 47.3 Å². The number of aromatic amines is 2. The van der Waals surface area contributed by atoms with E-state index in [1.54, 1.807) is 23.7 Å². The van der Waals surface area contributed by atoms with Crippen molar-refractivity contribution in [1.29, 1.82) is 0 Å². The van der Waals surface area contributed by atoms with Gasteiger partial charge in [-0.25, -0.2) is 4.98 Å². The van der Waals surface area contributed by atoms with Crippen molar-refractivity contribution in [2.75, 3.05) is 5.32 Å². The molecule has 7 rings (SSSR count). The first-order valence-electron chi connectivity index (χ1n) is 12.4.